The summed E-state index contributed by atoms with van der Waals surface area (Å²) in [5.74, 6) is -0.996. The normalized spacial score (nSPS) is 10.4. The van der Waals surface area contributed by atoms with Crippen molar-refractivity contribution in [2.45, 2.75) is 0 Å². The van der Waals surface area contributed by atoms with Crippen LogP contribution in [0.15, 0.2) is 30.3 Å². The minimum absolute atomic E-state index is 0.00715. The smallest absolute Gasteiger partial charge is 0.205 e. The predicted octanol–water partition coefficient (Wildman–Crippen LogP) is 3.35. The van der Waals surface area contributed by atoms with Crippen molar-refractivity contribution in [1.29, 1.82) is 0 Å². The number of nitrogen functional groups attached to an aromatic ring is 1. The van der Waals surface area contributed by atoms with E-state index in [9.17, 15) is 9.18 Å². The van der Waals surface area contributed by atoms with Crippen LogP contribution in [0.1, 0.15) is 15.2 Å². The van der Waals surface area contributed by atoms with Crippen LogP contribution in [0.3, 0.4) is 0 Å². The second kappa shape index (κ2) is 4.23. The summed E-state index contributed by atoms with van der Waals surface area (Å²) in [7, 11) is 0. The van der Waals surface area contributed by atoms with Crippen molar-refractivity contribution >= 4 is 34.4 Å². The quantitative estimate of drug-likeness (QED) is 0.661. The molecular formula is C11H7ClFNOS. The molecule has 0 saturated carbocycles. The van der Waals surface area contributed by atoms with Gasteiger partial charge in [0, 0.05) is 5.69 Å². The summed E-state index contributed by atoms with van der Waals surface area (Å²) in [5.41, 5.74) is 5.70. The van der Waals surface area contributed by atoms with E-state index in [-0.39, 0.29) is 11.3 Å². The third kappa shape index (κ3) is 2.08. The van der Waals surface area contributed by atoms with Crippen LogP contribution in [0.2, 0.25) is 4.34 Å². The molecule has 0 spiro atoms. The molecule has 0 saturated heterocycles. The van der Waals surface area contributed by atoms with Gasteiger partial charge in [0.15, 0.2) is 0 Å². The predicted molar refractivity (Wildman–Crippen MR) is 63.6 cm³/mol. The lowest BCUT2D eigenvalue weighted by atomic mass is 10.1. The average Bonchev–Trinajstić information content (AvgIpc) is 2.64. The molecule has 2 rings (SSSR count). The SMILES string of the molecule is Nc1ccc(C(=O)c2ccc(Cl)s2)c(F)c1. The van der Waals surface area contributed by atoms with Gasteiger partial charge in [-0.05, 0) is 30.3 Å². The van der Waals surface area contributed by atoms with Gasteiger partial charge in [-0.2, -0.15) is 0 Å². The Hall–Kier alpha value is -1.39. The minimum Gasteiger partial charge on any atom is -0.399 e. The summed E-state index contributed by atoms with van der Waals surface area (Å²) in [6, 6.07) is 7.17. The Labute approximate surface area is 100 Å². The fourth-order valence-electron chi connectivity index (χ4n) is 1.28. The van der Waals surface area contributed by atoms with Gasteiger partial charge < -0.3 is 5.73 Å². The molecule has 0 aliphatic heterocycles. The molecule has 0 amide bonds. The van der Waals surface area contributed by atoms with Gasteiger partial charge in [-0.25, -0.2) is 4.39 Å². The second-order valence-electron chi connectivity index (χ2n) is 3.17. The lowest BCUT2D eigenvalue weighted by Crippen LogP contribution is -2.02. The summed E-state index contributed by atoms with van der Waals surface area (Å²) < 4.78 is 14.0. The Bertz CT molecular complexity index is 553. The summed E-state index contributed by atoms with van der Waals surface area (Å²) >= 11 is 6.83. The van der Waals surface area contributed by atoms with E-state index in [0.717, 1.165) is 17.4 Å². The Morgan fingerprint density at radius 3 is 2.62 bits per heavy atom. The molecule has 0 fully saturated rings. The topological polar surface area (TPSA) is 43.1 Å². The van der Waals surface area contributed by atoms with E-state index in [2.05, 4.69) is 0 Å². The Morgan fingerprint density at radius 2 is 2.06 bits per heavy atom. The molecule has 0 radical (unpaired) electrons. The molecule has 2 nitrogen and oxygen atoms in total. The van der Waals surface area contributed by atoms with Crippen LogP contribution in [0.25, 0.3) is 0 Å². The van der Waals surface area contributed by atoms with Crippen molar-refractivity contribution in [2.75, 3.05) is 5.73 Å². The van der Waals surface area contributed by atoms with E-state index in [1.54, 1.807) is 12.1 Å². The number of hydrogen-bond donors (Lipinski definition) is 1. The van der Waals surface area contributed by atoms with E-state index in [0.29, 0.717) is 14.9 Å². The van der Waals surface area contributed by atoms with Crippen molar-refractivity contribution in [1.82, 2.24) is 0 Å². The van der Waals surface area contributed by atoms with Crippen molar-refractivity contribution in [2.24, 2.45) is 0 Å². The zero-order valence-corrected chi connectivity index (χ0v) is 9.61. The highest BCUT2D eigenvalue weighted by Gasteiger charge is 2.15. The molecule has 1 aromatic heterocycles. The standard InChI is InChI=1S/C11H7ClFNOS/c12-10-4-3-9(16-10)11(15)7-2-1-6(14)5-8(7)13/h1-5H,14H2. The number of thiophene rings is 1. The second-order valence-corrected chi connectivity index (χ2v) is 4.89. The average molecular weight is 256 g/mol. The van der Waals surface area contributed by atoms with Crippen LogP contribution < -0.4 is 5.73 Å². The summed E-state index contributed by atoms with van der Waals surface area (Å²) in [6.07, 6.45) is 0. The maximum Gasteiger partial charge on any atom is 0.205 e. The van der Waals surface area contributed by atoms with Gasteiger partial charge in [-0.3, -0.25) is 4.79 Å². The fraction of sp³-hybridized carbons (Fsp3) is 0. The van der Waals surface area contributed by atoms with E-state index >= 15 is 0 Å². The van der Waals surface area contributed by atoms with Crippen LogP contribution in [0.5, 0.6) is 0 Å². The molecule has 82 valence electrons. The van der Waals surface area contributed by atoms with Gasteiger partial charge in [-0.15, -0.1) is 11.3 Å². The summed E-state index contributed by atoms with van der Waals surface area (Å²) in [5, 5.41) is 0. The zero-order valence-electron chi connectivity index (χ0n) is 8.04. The molecule has 0 bridgehead atoms. The molecule has 16 heavy (non-hydrogen) atoms. The number of halogens is 2. The lowest BCUT2D eigenvalue weighted by Gasteiger charge is -2.01. The van der Waals surface area contributed by atoms with Gasteiger partial charge in [-0.1, -0.05) is 11.6 Å². The third-order valence-electron chi connectivity index (χ3n) is 2.03. The third-order valence-corrected chi connectivity index (χ3v) is 3.26. The molecule has 2 N–H and O–H groups in total. The van der Waals surface area contributed by atoms with Crippen LogP contribution in [0, 0.1) is 5.82 Å². The molecule has 0 aliphatic carbocycles. The number of anilines is 1. The number of carbonyl (C=O) groups excluding carboxylic acids is 1. The van der Waals surface area contributed by atoms with E-state index in [1.807, 2.05) is 0 Å². The first kappa shape index (κ1) is 11.1. The van der Waals surface area contributed by atoms with Crippen LogP contribution >= 0.6 is 22.9 Å². The minimum atomic E-state index is -0.616. The molecule has 0 unspecified atom stereocenters. The fourth-order valence-corrected chi connectivity index (χ4v) is 2.28. The number of hydrogen-bond acceptors (Lipinski definition) is 3. The van der Waals surface area contributed by atoms with Crippen molar-refractivity contribution in [3.05, 3.63) is 50.9 Å². The molecule has 1 aromatic carbocycles. The molecule has 5 heteroatoms. The van der Waals surface area contributed by atoms with Gasteiger partial charge in [0.05, 0.1) is 14.8 Å². The summed E-state index contributed by atoms with van der Waals surface area (Å²) in [6.45, 7) is 0. The van der Waals surface area contributed by atoms with Gasteiger partial charge in [0.1, 0.15) is 5.82 Å². The molecule has 2 aromatic rings. The highest BCUT2D eigenvalue weighted by Crippen LogP contribution is 2.25. The van der Waals surface area contributed by atoms with Crippen LogP contribution in [0.4, 0.5) is 10.1 Å². The van der Waals surface area contributed by atoms with Crippen molar-refractivity contribution < 1.29 is 9.18 Å². The molecule has 1 heterocycles. The molecule has 0 aliphatic rings. The van der Waals surface area contributed by atoms with Crippen LogP contribution in [-0.2, 0) is 0 Å². The van der Waals surface area contributed by atoms with E-state index in [1.165, 1.54) is 12.1 Å². The first-order chi connectivity index (χ1) is 7.58. The number of nitrogens with two attached hydrogens (primary N) is 1. The van der Waals surface area contributed by atoms with Gasteiger partial charge >= 0.3 is 0 Å². The largest absolute Gasteiger partial charge is 0.399 e. The zero-order chi connectivity index (χ0) is 11.7. The number of ketones is 1. The summed E-state index contributed by atoms with van der Waals surface area (Å²) in [4.78, 5) is 12.3. The van der Waals surface area contributed by atoms with Crippen molar-refractivity contribution in [3.8, 4) is 0 Å². The Balaban J connectivity index is 2.41. The van der Waals surface area contributed by atoms with Crippen molar-refractivity contribution in [3.63, 3.8) is 0 Å². The van der Waals surface area contributed by atoms with Gasteiger partial charge in [0.25, 0.3) is 0 Å². The maximum atomic E-state index is 13.5. The molecular weight excluding hydrogens is 249 g/mol. The highest BCUT2D eigenvalue weighted by atomic mass is 35.5. The van der Waals surface area contributed by atoms with E-state index in [4.69, 9.17) is 17.3 Å². The highest BCUT2D eigenvalue weighted by molar-refractivity contribution is 7.18. The van der Waals surface area contributed by atoms with Crippen LogP contribution in [-0.4, -0.2) is 5.78 Å². The number of benzene rings is 1. The first-order valence-electron chi connectivity index (χ1n) is 4.43. The number of rotatable bonds is 2. The van der Waals surface area contributed by atoms with E-state index < -0.39 is 5.82 Å². The Kier molecular flexibility index (Phi) is 2.94. The first-order valence-corrected chi connectivity index (χ1v) is 5.62. The monoisotopic (exact) mass is 255 g/mol. The molecule has 0 atom stereocenters. The van der Waals surface area contributed by atoms with Gasteiger partial charge in [0.2, 0.25) is 5.78 Å². The Morgan fingerprint density at radius 1 is 1.31 bits per heavy atom. The lowest BCUT2D eigenvalue weighted by molar-refractivity contribution is 0.103. The maximum absolute atomic E-state index is 13.5. The number of carbonyl (C=O) groups is 1.